The number of carboxylic acids is 1. The average molecular weight is 438 g/mol. The number of ether oxygens (including phenoxy) is 1. The number of carbonyl (C=O) groups is 1. The summed E-state index contributed by atoms with van der Waals surface area (Å²) in [7, 11) is -3.84. The van der Waals surface area contributed by atoms with E-state index in [1.165, 1.54) is 22.5 Å². The van der Waals surface area contributed by atoms with Crippen LogP contribution in [0.5, 0.6) is 5.75 Å². The van der Waals surface area contributed by atoms with Crippen molar-refractivity contribution in [1.82, 2.24) is 0 Å². The normalized spacial score (nSPS) is 11.0. The molecule has 0 radical (unpaired) electrons. The van der Waals surface area contributed by atoms with Crippen molar-refractivity contribution < 1.29 is 23.1 Å². The van der Waals surface area contributed by atoms with E-state index >= 15 is 0 Å². The first-order valence-corrected chi connectivity index (χ1v) is 11.0. The maximum Gasteiger partial charge on any atom is 0.335 e. The van der Waals surface area contributed by atoms with E-state index < -0.39 is 16.0 Å². The molecule has 0 aliphatic heterocycles. The molecule has 1 N–H and O–H groups in total. The van der Waals surface area contributed by atoms with E-state index in [-0.39, 0.29) is 23.6 Å². The summed E-state index contributed by atoms with van der Waals surface area (Å²) < 4.78 is 33.9. The highest BCUT2D eigenvalue weighted by Crippen LogP contribution is 2.34. The maximum atomic E-state index is 13.3. The van der Waals surface area contributed by atoms with Crippen LogP contribution in [0.3, 0.4) is 0 Å². The molecule has 0 unspecified atom stereocenters. The minimum Gasteiger partial charge on any atom is -0.487 e. The van der Waals surface area contributed by atoms with Crippen LogP contribution in [0.25, 0.3) is 0 Å². The molecule has 31 heavy (non-hydrogen) atoms. The third kappa shape index (κ3) is 5.13. The van der Waals surface area contributed by atoms with Gasteiger partial charge in [-0.05, 0) is 54.4 Å². The van der Waals surface area contributed by atoms with Crippen molar-refractivity contribution in [2.24, 2.45) is 0 Å². The molecule has 0 aromatic heterocycles. The monoisotopic (exact) mass is 437 g/mol. The first-order valence-electron chi connectivity index (χ1n) is 9.57. The smallest absolute Gasteiger partial charge is 0.335 e. The summed E-state index contributed by atoms with van der Waals surface area (Å²) in [5.74, 6) is -0.603. The SMILES string of the molecule is C=CCN(c1cc(C)ccc1OCc1ccc(C(=O)O)cc1)S(=O)(=O)c1ccccc1. The molecule has 160 valence electrons. The van der Waals surface area contributed by atoms with Gasteiger partial charge in [0.2, 0.25) is 0 Å². The van der Waals surface area contributed by atoms with E-state index in [9.17, 15) is 13.2 Å². The number of benzene rings is 3. The molecule has 0 spiro atoms. The van der Waals surface area contributed by atoms with Crippen molar-refractivity contribution in [2.75, 3.05) is 10.8 Å². The van der Waals surface area contributed by atoms with Crippen LogP contribution in [0.4, 0.5) is 5.69 Å². The van der Waals surface area contributed by atoms with Gasteiger partial charge in [-0.3, -0.25) is 4.31 Å². The minimum atomic E-state index is -3.84. The van der Waals surface area contributed by atoms with Gasteiger partial charge in [0.05, 0.1) is 22.7 Å². The van der Waals surface area contributed by atoms with Crippen LogP contribution in [0.1, 0.15) is 21.5 Å². The second-order valence-electron chi connectivity index (χ2n) is 6.90. The van der Waals surface area contributed by atoms with Crippen LogP contribution < -0.4 is 9.04 Å². The second-order valence-corrected chi connectivity index (χ2v) is 8.76. The lowest BCUT2D eigenvalue weighted by atomic mass is 10.1. The Kier molecular flexibility index (Phi) is 6.77. The lowest BCUT2D eigenvalue weighted by molar-refractivity contribution is 0.0697. The molecule has 3 aromatic rings. The van der Waals surface area contributed by atoms with Gasteiger partial charge in [-0.15, -0.1) is 6.58 Å². The van der Waals surface area contributed by atoms with E-state index in [4.69, 9.17) is 9.84 Å². The van der Waals surface area contributed by atoms with E-state index in [1.807, 2.05) is 13.0 Å². The Hall–Kier alpha value is -3.58. The zero-order chi connectivity index (χ0) is 22.4. The number of sulfonamides is 1. The number of aromatic carboxylic acids is 1. The number of anilines is 1. The number of nitrogens with zero attached hydrogens (tertiary/aromatic N) is 1. The van der Waals surface area contributed by atoms with E-state index in [1.54, 1.807) is 54.6 Å². The number of rotatable bonds is 9. The van der Waals surface area contributed by atoms with Gasteiger partial charge in [0.25, 0.3) is 10.0 Å². The van der Waals surface area contributed by atoms with Crippen LogP contribution in [0, 0.1) is 6.92 Å². The summed E-state index contributed by atoms with van der Waals surface area (Å²) >= 11 is 0. The molecule has 7 heteroatoms. The molecule has 0 bridgehead atoms. The number of carboxylic acid groups (broad SMARTS) is 1. The zero-order valence-corrected chi connectivity index (χ0v) is 17.9. The summed E-state index contributed by atoms with van der Waals surface area (Å²) in [6, 6.07) is 19.9. The van der Waals surface area contributed by atoms with Crippen molar-refractivity contribution in [2.45, 2.75) is 18.4 Å². The second kappa shape index (κ2) is 9.49. The third-order valence-corrected chi connectivity index (χ3v) is 6.40. The predicted molar refractivity (Wildman–Crippen MR) is 120 cm³/mol. The molecule has 0 amide bonds. The summed E-state index contributed by atoms with van der Waals surface area (Å²) in [4.78, 5) is 11.2. The Bertz CT molecular complexity index is 1170. The van der Waals surface area contributed by atoms with Crippen LogP contribution >= 0.6 is 0 Å². The Morgan fingerprint density at radius 1 is 1.06 bits per heavy atom. The molecule has 0 atom stereocenters. The highest BCUT2D eigenvalue weighted by Gasteiger charge is 2.26. The largest absolute Gasteiger partial charge is 0.487 e. The molecule has 6 nitrogen and oxygen atoms in total. The summed E-state index contributed by atoms with van der Waals surface area (Å²) in [5, 5.41) is 9.03. The molecular weight excluding hydrogens is 414 g/mol. The van der Waals surface area contributed by atoms with Gasteiger partial charge in [-0.1, -0.05) is 42.5 Å². The topological polar surface area (TPSA) is 83.9 Å². The lowest BCUT2D eigenvalue weighted by Gasteiger charge is -2.26. The number of hydrogen-bond donors (Lipinski definition) is 1. The molecule has 0 aliphatic carbocycles. The van der Waals surface area contributed by atoms with Crippen LogP contribution in [0.2, 0.25) is 0 Å². The van der Waals surface area contributed by atoms with E-state index in [0.717, 1.165) is 11.1 Å². The van der Waals surface area contributed by atoms with Crippen LogP contribution in [0.15, 0.2) is 90.3 Å². The number of aryl methyl sites for hydroxylation is 1. The van der Waals surface area contributed by atoms with Gasteiger partial charge in [-0.2, -0.15) is 0 Å². The number of hydrogen-bond acceptors (Lipinski definition) is 4. The fraction of sp³-hybridized carbons (Fsp3) is 0.125. The lowest BCUT2D eigenvalue weighted by Crippen LogP contribution is -2.31. The Balaban J connectivity index is 1.95. The van der Waals surface area contributed by atoms with Crippen molar-refractivity contribution in [3.63, 3.8) is 0 Å². The van der Waals surface area contributed by atoms with Gasteiger partial charge in [-0.25, -0.2) is 13.2 Å². The van der Waals surface area contributed by atoms with Crippen LogP contribution in [-0.2, 0) is 16.6 Å². The van der Waals surface area contributed by atoms with E-state index in [2.05, 4.69) is 6.58 Å². The first kappa shape index (κ1) is 22.1. The highest BCUT2D eigenvalue weighted by atomic mass is 32.2. The van der Waals surface area contributed by atoms with Crippen molar-refractivity contribution in [3.05, 3.63) is 102 Å². The molecular formula is C24H23NO5S. The molecule has 0 saturated heterocycles. The quantitative estimate of drug-likeness (QED) is 0.493. The zero-order valence-electron chi connectivity index (χ0n) is 17.1. The van der Waals surface area contributed by atoms with Crippen molar-refractivity contribution >= 4 is 21.7 Å². The summed E-state index contributed by atoms with van der Waals surface area (Å²) in [6.07, 6.45) is 1.53. The van der Waals surface area contributed by atoms with Gasteiger partial charge >= 0.3 is 5.97 Å². The molecule has 0 aliphatic rings. The standard InChI is InChI=1S/C24H23NO5S/c1-3-15-25(31(28,29)21-7-5-4-6-8-21)22-16-18(2)9-14-23(22)30-17-19-10-12-20(13-11-19)24(26)27/h3-14,16H,1,15,17H2,2H3,(H,26,27). The molecule has 0 saturated carbocycles. The predicted octanol–water partition coefficient (Wildman–Crippen LogP) is 4.65. The third-order valence-electron chi connectivity index (χ3n) is 4.60. The molecule has 3 rings (SSSR count). The first-order chi connectivity index (χ1) is 14.8. The molecule has 3 aromatic carbocycles. The van der Waals surface area contributed by atoms with Gasteiger partial charge in [0.1, 0.15) is 12.4 Å². The fourth-order valence-electron chi connectivity index (χ4n) is 3.01. The van der Waals surface area contributed by atoms with Crippen LogP contribution in [-0.4, -0.2) is 26.0 Å². The minimum absolute atomic E-state index is 0.0738. The summed E-state index contributed by atoms with van der Waals surface area (Å²) in [5.41, 5.74) is 2.24. The van der Waals surface area contributed by atoms with E-state index in [0.29, 0.717) is 11.4 Å². The average Bonchev–Trinajstić information content (AvgIpc) is 2.77. The van der Waals surface area contributed by atoms with Gasteiger partial charge < -0.3 is 9.84 Å². The molecule has 0 fully saturated rings. The Morgan fingerprint density at radius 2 is 1.74 bits per heavy atom. The maximum absolute atomic E-state index is 13.3. The highest BCUT2D eigenvalue weighted by molar-refractivity contribution is 7.92. The Morgan fingerprint density at radius 3 is 2.35 bits per heavy atom. The summed E-state index contributed by atoms with van der Waals surface area (Å²) in [6.45, 7) is 5.81. The fourth-order valence-corrected chi connectivity index (χ4v) is 4.47. The van der Waals surface area contributed by atoms with Gasteiger partial charge in [0, 0.05) is 0 Å². The van der Waals surface area contributed by atoms with Crippen molar-refractivity contribution in [3.8, 4) is 5.75 Å². The van der Waals surface area contributed by atoms with Gasteiger partial charge in [0.15, 0.2) is 0 Å². The Labute approximate surface area is 182 Å². The van der Waals surface area contributed by atoms with Crippen molar-refractivity contribution in [1.29, 1.82) is 0 Å². The molecule has 0 heterocycles.